The van der Waals surface area contributed by atoms with E-state index >= 15 is 0 Å². The second kappa shape index (κ2) is 8.77. The van der Waals surface area contributed by atoms with Gasteiger partial charge >= 0.3 is 0 Å². The number of amides is 1. The number of rotatable bonds is 8. The first kappa shape index (κ1) is 15.8. The molecule has 0 saturated heterocycles. The van der Waals surface area contributed by atoms with Crippen molar-refractivity contribution in [1.82, 2.24) is 10.3 Å². The molecule has 1 heterocycles. The minimum atomic E-state index is -0.0967. The molecule has 0 unspecified atom stereocenters. The molecule has 0 radical (unpaired) electrons. The fourth-order valence-electron chi connectivity index (χ4n) is 1.39. The minimum absolute atomic E-state index is 0.0967. The van der Waals surface area contributed by atoms with Crippen LogP contribution in [0.2, 0.25) is 0 Å². The number of aliphatic hydroxyl groups is 1. The van der Waals surface area contributed by atoms with Gasteiger partial charge in [0.25, 0.3) is 5.91 Å². The Morgan fingerprint density at radius 2 is 2.21 bits per heavy atom. The molecule has 0 aromatic carbocycles. The van der Waals surface area contributed by atoms with Crippen molar-refractivity contribution in [3.05, 3.63) is 23.9 Å². The van der Waals surface area contributed by atoms with Crippen molar-refractivity contribution in [3.63, 3.8) is 0 Å². The maximum Gasteiger partial charge on any atom is 0.252 e. The quantitative estimate of drug-likeness (QED) is 0.697. The van der Waals surface area contributed by atoms with Gasteiger partial charge in [0.05, 0.1) is 5.56 Å². The Balaban J connectivity index is 2.29. The molecule has 19 heavy (non-hydrogen) atoms. The monoisotopic (exact) mass is 283 g/mol. The van der Waals surface area contributed by atoms with Crippen molar-refractivity contribution >= 4 is 23.5 Å². The van der Waals surface area contributed by atoms with Crippen molar-refractivity contribution in [1.29, 1.82) is 0 Å². The van der Waals surface area contributed by atoms with E-state index in [9.17, 15) is 4.79 Å². The van der Waals surface area contributed by atoms with E-state index in [1.54, 1.807) is 24.0 Å². The molecule has 0 aliphatic rings. The summed E-state index contributed by atoms with van der Waals surface area (Å²) in [7, 11) is 3.82. The van der Waals surface area contributed by atoms with Crippen LogP contribution in [-0.4, -0.2) is 54.8 Å². The highest BCUT2D eigenvalue weighted by Crippen LogP contribution is 2.07. The van der Waals surface area contributed by atoms with E-state index < -0.39 is 0 Å². The maximum atomic E-state index is 11.8. The second-order valence-electron chi connectivity index (χ2n) is 4.24. The number of thioether (sulfide) groups is 1. The van der Waals surface area contributed by atoms with Gasteiger partial charge in [-0.05, 0) is 24.3 Å². The zero-order valence-electron chi connectivity index (χ0n) is 11.4. The van der Waals surface area contributed by atoms with E-state index in [0.717, 1.165) is 23.7 Å². The summed E-state index contributed by atoms with van der Waals surface area (Å²) in [6, 6.07) is 3.60. The van der Waals surface area contributed by atoms with Gasteiger partial charge in [-0.25, -0.2) is 4.98 Å². The number of hydrogen-bond acceptors (Lipinski definition) is 5. The summed E-state index contributed by atoms with van der Waals surface area (Å²) in [4.78, 5) is 17.9. The average Bonchev–Trinajstić information content (AvgIpc) is 2.42. The Labute approximate surface area is 118 Å². The first-order valence-corrected chi connectivity index (χ1v) is 7.41. The van der Waals surface area contributed by atoms with Gasteiger partial charge in [-0.3, -0.25) is 4.79 Å². The largest absolute Gasteiger partial charge is 0.396 e. The van der Waals surface area contributed by atoms with Crippen LogP contribution in [0, 0.1) is 0 Å². The van der Waals surface area contributed by atoms with Crippen molar-refractivity contribution < 1.29 is 9.90 Å². The third kappa shape index (κ3) is 5.94. The normalized spacial score (nSPS) is 10.3. The van der Waals surface area contributed by atoms with Gasteiger partial charge in [-0.2, -0.15) is 11.8 Å². The summed E-state index contributed by atoms with van der Waals surface area (Å²) < 4.78 is 0. The highest BCUT2D eigenvalue weighted by molar-refractivity contribution is 7.99. The number of nitrogens with zero attached hydrogens (tertiary/aromatic N) is 2. The number of nitrogens with one attached hydrogen (secondary N) is 1. The molecular formula is C13H21N3O2S. The van der Waals surface area contributed by atoms with Gasteiger partial charge in [0.2, 0.25) is 0 Å². The van der Waals surface area contributed by atoms with Crippen LogP contribution in [0.5, 0.6) is 0 Å². The van der Waals surface area contributed by atoms with Crippen molar-refractivity contribution in [2.75, 3.05) is 43.7 Å². The Hall–Kier alpha value is -1.27. The lowest BCUT2D eigenvalue weighted by Crippen LogP contribution is -2.26. The van der Waals surface area contributed by atoms with Crippen LogP contribution in [0.25, 0.3) is 0 Å². The van der Waals surface area contributed by atoms with Gasteiger partial charge < -0.3 is 15.3 Å². The van der Waals surface area contributed by atoms with E-state index in [4.69, 9.17) is 5.11 Å². The zero-order chi connectivity index (χ0) is 14.1. The summed E-state index contributed by atoms with van der Waals surface area (Å²) in [6.45, 7) is 0.855. The topological polar surface area (TPSA) is 65.5 Å². The first-order chi connectivity index (χ1) is 9.15. The van der Waals surface area contributed by atoms with Crippen LogP contribution >= 0.6 is 11.8 Å². The predicted molar refractivity (Wildman–Crippen MR) is 79.9 cm³/mol. The molecule has 0 fully saturated rings. The van der Waals surface area contributed by atoms with Gasteiger partial charge in [0.1, 0.15) is 5.82 Å². The molecule has 106 valence electrons. The fourth-order valence-corrected chi connectivity index (χ4v) is 2.18. The van der Waals surface area contributed by atoms with Crippen LogP contribution in [0.3, 0.4) is 0 Å². The number of aliphatic hydroxyl groups excluding tert-OH is 1. The van der Waals surface area contributed by atoms with E-state index in [1.165, 1.54) is 0 Å². The SMILES string of the molecule is CN(C)c1ccc(C(=O)NCCSCCCO)cn1. The van der Waals surface area contributed by atoms with E-state index in [0.29, 0.717) is 12.1 Å². The van der Waals surface area contributed by atoms with Crippen LogP contribution in [0.15, 0.2) is 18.3 Å². The van der Waals surface area contributed by atoms with Crippen LogP contribution in [0.1, 0.15) is 16.8 Å². The first-order valence-electron chi connectivity index (χ1n) is 6.25. The number of anilines is 1. The van der Waals surface area contributed by atoms with Gasteiger partial charge in [-0.15, -0.1) is 0 Å². The van der Waals surface area contributed by atoms with Gasteiger partial charge in [0.15, 0.2) is 0 Å². The second-order valence-corrected chi connectivity index (χ2v) is 5.47. The van der Waals surface area contributed by atoms with Gasteiger partial charge in [-0.1, -0.05) is 0 Å². The van der Waals surface area contributed by atoms with E-state index in [1.807, 2.05) is 25.1 Å². The van der Waals surface area contributed by atoms with Gasteiger partial charge in [0, 0.05) is 39.2 Å². The third-order valence-corrected chi connectivity index (χ3v) is 3.52. The number of carbonyl (C=O) groups excluding carboxylic acids is 1. The molecule has 1 rings (SSSR count). The Morgan fingerprint density at radius 1 is 1.42 bits per heavy atom. The number of hydrogen-bond donors (Lipinski definition) is 2. The summed E-state index contributed by atoms with van der Waals surface area (Å²) in [5.74, 6) is 2.51. The number of carbonyl (C=O) groups is 1. The lowest BCUT2D eigenvalue weighted by Gasteiger charge is -2.11. The van der Waals surface area contributed by atoms with E-state index in [2.05, 4.69) is 10.3 Å². The summed E-state index contributed by atoms with van der Waals surface area (Å²) in [5, 5.41) is 11.5. The summed E-state index contributed by atoms with van der Waals surface area (Å²) in [6.07, 6.45) is 2.39. The molecule has 0 aliphatic heterocycles. The highest BCUT2D eigenvalue weighted by Gasteiger charge is 2.05. The molecule has 0 bridgehead atoms. The van der Waals surface area contributed by atoms with Crippen molar-refractivity contribution in [3.8, 4) is 0 Å². The molecule has 0 spiro atoms. The molecule has 1 amide bonds. The molecule has 1 aromatic rings. The van der Waals surface area contributed by atoms with Crippen molar-refractivity contribution in [2.24, 2.45) is 0 Å². The molecule has 2 N–H and O–H groups in total. The summed E-state index contributed by atoms with van der Waals surface area (Å²) in [5.41, 5.74) is 0.575. The Kier molecular flexibility index (Phi) is 7.28. The molecule has 6 heteroatoms. The Bertz CT molecular complexity index is 382. The summed E-state index contributed by atoms with van der Waals surface area (Å²) >= 11 is 1.72. The third-order valence-electron chi connectivity index (χ3n) is 2.45. The molecule has 0 saturated carbocycles. The lowest BCUT2D eigenvalue weighted by atomic mass is 10.2. The number of aromatic nitrogens is 1. The number of pyridine rings is 1. The van der Waals surface area contributed by atoms with Crippen LogP contribution < -0.4 is 10.2 Å². The smallest absolute Gasteiger partial charge is 0.252 e. The highest BCUT2D eigenvalue weighted by atomic mass is 32.2. The molecule has 5 nitrogen and oxygen atoms in total. The minimum Gasteiger partial charge on any atom is -0.396 e. The molecule has 0 aliphatic carbocycles. The fraction of sp³-hybridized carbons (Fsp3) is 0.538. The predicted octanol–water partition coefficient (Wildman–Crippen LogP) is 0.993. The zero-order valence-corrected chi connectivity index (χ0v) is 12.2. The van der Waals surface area contributed by atoms with Crippen molar-refractivity contribution in [2.45, 2.75) is 6.42 Å². The maximum absolute atomic E-state index is 11.8. The van der Waals surface area contributed by atoms with Crippen LogP contribution in [-0.2, 0) is 0 Å². The Morgan fingerprint density at radius 3 is 2.79 bits per heavy atom. The lowest BCUT2D eigenvalue weighted by molar-refractivity contribution is 0.0956. The molecule has 0 atom stereocenters. The standard InChI is InChI=1S/C13H21N3O2S/c1-16(2)12-5-4-11(10-15-12)13(18)14-6-9-19-8-3-7-17/h4-5,10,17H,3,6-9H2,1-2H3,(H,14,18). The van der Waals surface area contributed by atoms with Crippen LogP contribution in [0.4, 0.5) is 5.82 Å². The average molecular weight is 283 g/mol. The molecular weight excluding hydrogens is 262 g/mol. The molecule has 1 aromatic heterocycles. The van der Waals surface area contributed by atoms with E-state index in [-0.39, 0.29) is 12.5 Å².